The van der Waals surface area contributed by atoms with Crippen molar-refractivity contribution in [3.8, 4) is 0 Å². The number of rotatable bonds is 5. The van der Waals surface area contributed by atoms with Gasteiger partial charge < -0.3 is 5.32 Å². The van der Waals surface area contributed by atoms with Gasteiger partial charge in [-0.3, -0.25) is 14.5 Å². The zero-order valence-corrected chi connectivity index (χ0v) is 14.8. The molecule has 0 atom stereocenters. The fourth-order valence-corrected chi connectivity index (χ4v) is 3.49. The normalized spacial score (nSPS) is 14.9. The summed E-state index contributed by atoms with van der Waals surface area (Å²) in [5.41, 5.74) is 2.87. The number of thiophene rings is 1. The van der Waals surface area contributed by atoms with Crippen molar-refractivity contribution < 1.29 is 9.59 Å². The largest absolute Gasteiger partial charge is 0.350 e. The minimum Gasteiger partial charge on any atom is -0.350 e. The highest BCUT2D eigenvalue weighted by atomic mass is 32.1. The maximum Gasteiger partial charge on any atom is 0.278 e. The molecule has 1 aliphatic rings. The molecule has 3 rings (SSSR count). The van der Waals surface area contributed by atoms with Gasteiger partial charge in [-0.1, -0.05) is 32.0 Å². The fraction of sp³-hybridized carbons (Fsp3) is 0.263. The third kappa shape index (κ3) is 2.87. The molecule has 0 radical (unpaired) electrons. The molecule has 0 saturated carbocycles. The van der Waals surface area contributed by atoms with Gasteiger partial charge in [-0.2, -0.15) is 0 Å². The number of imide groups is 1. The van der Waals surface area contributed by atoms with Gasteiger partial charge in [-0.25, -0.2) is 0 Å². The third-order valence-electron chi connectivity index (χ3n) is 4.10. The Balaban J connectivity index is 1.98. The highest BCUT2D eigenvalue weighted by molar-refractivity contribution is 7.11. The highest BCUT2D eigenvalue weighted by Crippen LogP contribution is 2.32. The Morgan fingerprint density at radius 1 is 1.08 bits per heavy atom. The van der Waals surface area contributed by atoms with Gasteiger partial charge in [-0.05, 0) is 42.0 Å². The van der Waals surface area contributed by atoms with Crippen molar-refractivity contribution in [2.75, 3.05) is 11.9 Å². The average Bonchev–Trinajstić information content (AvgIpc) is 3.16. The van der Waals surface area contributed by atoms with Crippen LogP contribution in [-0.4, -0.2) is 23.3 Å². The zero-order chi connectivity index (χ0) is 17.3. The van der Waals surface area contributed by atoms with Crippen molar-refractivity contribution in [1.82, 2.24) is 4.90 Å². The molecule has 4 nitrogen and oxygen atoms in total. The number of benzene rings is 1. The first-order valence-electron chi connectivity index (χ1n) is 8.04. The SMILES string of the molecule is CCN1C(=O)C(Nc2ccc(C(C)C)cc2)=C(c2cccs2)C1=O. The summed E-state index contributed by atoms with van der Waals surface area (Å²) < 4.78 is 0. The second kappa shape index (κ2) is 6.61. The van der Waals surface area contributed by atoms with E-state index < -0.39 is 0 Å². The fourth-order valence-electron chi connectivity index (χ4n) is 2.72. The van der Waals surface area contributed by atoms with Crippen LogP contribution in [0.15, 0.2) is 47.5 Å². The number of hydrogen-bond acceptors (Lipinski definition) is 4. The first-order valence-corrected chi connectivity index (χ1v) is 8.92. The summed E-state index contributed by atoms with van der Waals surface area (Å²) >= 11 is 1.46. The Morgan fingerprint density at radius 2 is 1.79 bits per heavy atom. The van der Waals surface area contributed by atoms with Crippen LogP contribution in [0.4, 0.5) is 5.69 Å². The van der Waals surface area contributed by atoms with E-state index in [0.29, 0.717) is 23.7 Å². The van der Waals surface area contributed by atoms with E-state index >= 15 is 0 Å². The van der Waals surface area contributed by atoms with Crippen molar-refractivity contribution in [3.05, 3.63) is 57.9 Å². The molecular weight excluding hydrogens is 320 g/mol. The topological polar surface area (TPSA) is 49.4 Å². The minimum absolute atomic E-state index is 0.230. The molecule has 0 saturated heterocycles. The van der Waals surface area contributed by atoms with Crippen molar-refractivity contribution >= 4 is 34.4 Å². The number of nitrogens with zero attached hydrogens (tertiary/aromatic N) is 1. The molecule has 0 aliphatic carbocycles. The maximum absolute atomic E-state index is 12.6. The van der Waals surface area contributed by atoms with E-state index in [9.17, 15) is 9.59 Å². The van der Waals surface area contributed by atoms with Gasteiger partial charge in [0.05, 0.1) is 5.57 Å². The smallest absolute Gasteiger partial charge is 0.278 e. The average molecular weight is 340 g/mol. The number of hydrogen-bond donors (Lipinski definition) is 1. The van der Waals surface area contributed by atoms with Crippen LogP contribution in [0.5, 0.6) is 0 Å². The summed E-state index contributed by atoms with van der Waals surface area (Å²) in [5.74, 6) is -0.0460. The van der Waals surface area contributed by atoms with E-state index in [1.807, 2.05) is 48.7 Å². The molecule has 0 unspecified atom stereocenters. The molecule has 1 aromatic heterocycles. The van der Waals surface area contributed by atoms with Crippen LogP contribution in [0.25, 0.3) is 5.57 Å². The van der Waals surface area contributed by atoms with Crippen LogP contribution in [0.2, 0.25) is 0 Å². The Morgan fingerprint density at radius 3 is 2.33 bits per heavy atom. The van der Waals surface area contributed by atoms with Crippen LogP contribution >= 0.6 is 11.3 Å². The molecule has 2 amide bonds. The van der Waals surface area contributed by atoms with Crippen LogP contribution in [0.3, 0.4) is 0 Å². The Labute approximate surface area is 145 Å². The highest BCUT2D eigenvalue weighted by Gasteiger charge is 2.38. The third-order valence-corrected chi connectivity index (χ3v) is 4.99. The molecule has 1 aliphatic heterocycles. The number of amides is 2. The van der Waals surface area contributed by atoms with E-state index in [1.54, 1.807) is 0 Å². The van der Waals surface area contributed by atoms with Gasteiger partial charge in [0.2, 0.25) is 0 Å². The predicted molar refractivity (Wildman–Crippen MR) is 97.8 cm³/mol. The summed E-state index contributed by atoms with van der Waals surface area (Å²) in [6, 6.07) is 11.7. The summed E-state index contributed by atoms with van der Waals surface area (Å²) in [4.78, 5) is 27.3. The number of nitrogens with one attached hydrogen (secondary N) is 1. The number of carbonyl (C=O) groups is 2. The molecule has 0 fully saturated rings. The van der Waals surface area contributed by atoms with Crippen LogP contribution in [0, 0.1) is 0 Å². The van der Waals surface area contributed by atoms with Crippen molar-refractivity contribution in [2.45, 2.75) is 26.7 Å². The monoisotopic (exact) mass is 340 g/mol. The molecule has 0 spiro atoms. The minimum atomic E-state index is -0.265. The predicted octanol–water partition coefficient (Wildman–Crippen LogP) is 4.08. The molecule has 24 heavy (non-hydrogen) atoms. The lowest BCUT2D eigenvalue weighted by Crippen LogP contribution is -2.32. The number of carbonyl (C=O) groups excluding carboxylic acids is 2. The standard InChI is InChI=1S/C19H20N2O2S/c1-4-21-18(22)16(15-6-5-11-24-15)17(19(21)23)20-14-9-7-13(8-10-14)12(2)3/h5-12,20H,4H2,1-3H3. The molecule has 124 valence electrons. The second-order valence-corrected chi connectivity index (χ2v) is 6.93. The molecule has 1 N–H and O–H groups in total. The molecular formula is C19H20N2O2S. The van der Waals surface area contributed by atoms with E-state index in [-0.39, 0.29) is 11.8 Å². The quantitative estimate of drug-likeness (QED) is 0.834. The van der Waals surface area contributed by atoms with E-state index in [4.69, 9.17) is 0 Å². The second-order valence-electron chi connectivity index (χ2n) is 5.98. The first kappa shape index (κ1) is 16.5. The lowest BCUT2D eigenvalue weighted by atomic mass is 10.0. The number of anilines is 1. The Hall–Kier alpha value is -2.40. The number of likely N-dealkylation sites (N-methyl/N-ethyl adjacent to an activating group) is 1. The summed E-state index contributed by atoms with van der Waals surface area (Å²) in [6.07, 6.45) is 0. The van der Waals surface area contributed by atoms with E-state index in [0.717, 1.165) is 10.6 Å². The molecule has 1 aromatic carbocycles. The van der Waals surface area contributed by atoms with Gasteiger partial charge >= 0.3 is 0 Å². The summed E-state index contributed by atoms with van der Waals surface area (Å²) in [5, 5.41) is 5.07. The Bertz CT molecular complexity index is 789. The molecule has 0 bridgehead atoms. The summed E-state index contributed by atoms with van der Waals surface area (Å²) in [7, 11) is 0. The van der Waals surface area contributed by atoms with Crippen LogP contribution in [0.1, 0.15) is 37.1 Å². The molecule has 5 heteroatoms. The van der Waals surface area contributed by atoms with Crippen LogP contribution in [-0.2, 0) is 9.59 Å². The van der Waals surface area contributed by atoms with Gasteiger partial charge in [-0.15, -0.1) is 11.3 Å². The van der Waals surface area contributed by atoms with Gasteiger partial charge in [0.1, 0.15) is 5.70 Å². The van der Waals surface area contributed by atoms with Gasteiger partial charge in [0.15, 0.2) is 0 Å². The van der Waals surface area contributed by atoms with Crippen molar-refractivity contribution in [3.63, 3.8) is 0 Å². The van der Waals surface area contributed by atoms with Crippen molar-refractivity contribution in [1.29, 1.82) is 0 Å². The molecule has 2 heterocycles. The zero-order valence-electron chi connectivity index (χ0n) is 14.0. The van der Waals surface area contributed by atoms with E-state index in [1.165, 1.54) is 21.8 Å². The van der Waals surface area contributed by atoms with E-state index in [2.05, 4.69) is 19.2 Å². The summed E-state index contributed by atoms with van der Waals surface area (Å²) in [6.45, 7) is 6.45. The Kier molecular flexibility index (Phi) is 4.53. The molecule has 2 aromatic rings. The van der Waals surface area contributed by atoms with Crippen molar-refractivity contribution in [2.24, 2.45) is 0 Å². The van der Waals surface area contributed by atoms with Crippen LogP contribution < -0.4 is 5.32 Å². The maximum atomic E-state index is 12.6. The first-order chi connectivity index (χ1) is 11.5. The van der Waals surface area contributed by atoms with Gasteiger partial charge in [0.25, 0.3) is 11.8 Å². The van der Waals surface area contributed by atoms with Gasteiger partial charge in [0, 0.05) is 17.1 Å². The lowest BCUT2D eigenvalue weighted by Gasteiger charge is -2.12. The lowest BCUT2D eigenvalue weighted by molar-refractivity contribution is -0.136.